The van der Waals surface area contributed by atoms with Crippen LogP contribution in [-0.4, -0.2) is 75.5 Å². The van der Waals surface area contributed by atoms with Gasteiger partial charge in [-0.3, -0.25) is 0 Å². The van der Waals surface area contributed by atoms with Crippen molar-refractivity contribution in [1.29, 1.82) is 0 Å². The van der Waals surface area contributed by atoms with E-state index in [0.717, 1.165) is 26.2 Å². The zero-order valence-electron chi connectivity index (χ0n) is 11.0. The molecule has 0 aliphatic carbocycles. The number of nitrogens with one attached hydrogen (secondary N) is 2. The van der Waals surface area contributed by atoms with Crippen LogP contribution in [0.3, 0.4) is 0 Å². The lowest BCUT2D eigenvalue weighted by molar-refractivity contribution is -0.873. The van der Waals surface area contributed by atoms with Crippen LogP contribution < -0.4 is 15.7 Å². The summed E-state index contributed by atoms with van der Waals surface area (Å²) in [4.78, 5) is 10.0. The van der Waals surface area contributed by atoms with Crippen molar-refractivity contribution in [2.75, 3.05) is 53.9 Å². The number of carboxylic acids is 1. The molecule has 0 aromatic carbocycles. The molecular weight excluding hydrogens is 222 g/mol. The number of hydrogen-bond donors (Lipinski definition) is 3. The first kappa shape index (κ1) is 16.3. The lowest BCUT2D eigenvalue weighted by atomic mass is 10.2. The van der Waals surface area contributed by atoms with E-state index in [4.69, 9.17) is 5.11 Å². The minimum Gasteiger partial charge on any atom is -0.550 e. The average molecular weight is 247 g/mol. The van der Waals surface area contributed by atoms with Gasteiger partial charge in [0.15, 0.2) is 0 Å². The van der Waals surface area contributed by atoms with Crippen molar-refractivity contribution < 1.29 is 19.5 Å². The van der Waals surface area contributed by atoms with Gasteiger partial charge in [-0.1, -0.05) is 0 Å². The number of likely N-dealkylation sites (N-methyl/N-ethyl adjacent to an activating group) is 1. The van der Waals surface area contributed by atoms with Gasteiger partial charge in [0.05, 0.1) is 21.1 Å². The Bertz CT molecular complexity index is 201. The Labute approximate surface area is 103 Å². The number of aliphatic hydroxyl groups excluding tert-OH is 1. The van der Waals surface area contributed by atoms with Gasteiger partial charge in [0, 0.05) is 38.6 Å². The molecule has 0 aromatic heterocycles. The van der Waals surface area contributed by atoms with Gasteiger partial charge in [-0.15, -0.1) is 0 Å². The molecule has 1 fully saturated rings. The maximum absolute atomic E-state index is 10.0. The Hall–Kier alpha value is -0.690. The van der Waals surface area contributed by atoms with E-state index < -0.39 is 12.1 Å². The first-order chi connectivity index (χ1) is 7.81. The highest BCUT2D eigenvalue weighted by Gasteiger charge is 2.14. The van der Waals surface area contributed by atoms with Crippen LogP contribution >= 0.6 is 0 Å². The molecule has 6 heteroatoms. The molecule has 1 atom stereocenters. The summed E-state index contributed by atoms with van der Waals surface area (Å²) in [6.45, 7) is 4.98. The SMILES string of the molecule is C1CNCCN1.C[N+](C)(C)C[C@H](O)CC(=O)[O-]. The number of nitrogens with zero attached hydrogens (tertiary/aromatic N) is 1. The standard InChI is InChI=1S/C7H15NO3.C4H10N2/c1-8(2,3)5-6(9)4-7(10)11;1-2-6-4-3-5-1/h6,9H,4-5H2,1-3H3;5-6H,1-4H2/t6-;/m1./s1. The van der Waals surface area contributed by atoms with Gasteiger partial charge in [-0.05, 0) is 0 Å². The zero-order valence-corrected chi connectivity index (χ0v) is 11.0. The smallest absolute Gasteiger partial charge is 0.108 e. The highest BCUT2D eigenvalue weighted by Crippen LogP contribution is 1.97. The number of carboxylic acid groups (broad SMARTS) is 1. The van der Waals surface area contributed by atoms with E-state index in [9.17, 15) is 9.90 Å². The van der Waals surface area contributed by atoms with Gasteiger partial charge in [0.1, 0.15) is 12.6 Å². The average Bonchev–Trinajstić information content (AvgIpc) is 2.16. The molecule has 1 aliphatic rings. The second kappa shape index (κ2) is 8.41. The number of quaternary nitrogens is 1. The van der Waals surface area contributed by atoms with E-state index in [1.54, 1.807) is 0 Å². The van der Waals surface area contributed by atoms with E-state index >= 15 is 0 Å². The Balaban J connectivity index is 0.000000354. The van der Waals surface area contributed by atoms with Gasteiger partial charge in [0.25, 0.3) is 0 Å². The lowest BCUT2D eigenvalue weighted by Gasteiger charge is -2.26. The third-order valence-corrected chi connectivity index (χ3v) is 2.12. The van der Waals surface area contributed by atoms with Gasteiger partial charge < -0.3 is 30.1 Å². The van der Waals surface area contributed by atoms with Crippen molar-refractivity contribution in [3.63, 3.8) is 0 Å². The van der Waals surface area contributed by atoms with Crippen molar-refractivity contribution in [2.24, 2.45) is 0 Å². The van der Waals surface area contributed by atoms with Crippen LogP contribution in [0, 0.1) is 0 Å². The summed E-state index contributed by atoms with van der Waals surface area (Å²) >= 11 is 0. The van der Waals surface area contributed by atoms with Crippen LogP contribution in [0.1, 0.15) is 6.42 Å². The molecule has 0 amide bonds. The monoisotopic (exact) mass is 247 g/mol. The normalized spacial score (nSPS) is 17.9. The van der Waals surface area contributed by atoms with Crippen molar-refractivity contribution in [1.82, 2.24) is 10.6 Å². The van der Waals surface area contributed by atoms with Crippen LogP contribution in [0.15, 0.2) is 0 Å². The molecule has 3 N–H and O–H groups in total. The predicted molar refractivity (Wildman–Crippen MR) is 64.3 cm³/mol. The van der Waals surface area contributed by atoms with Crippen molar-refractivity contribution in [2.45, 2.75) is 12.5 Å². The van der Waals surface area contributed by atoms with Crippen molar-refractivity contribution >= 4 is 5.97 Å². The predicted octanol–water partition coefficient (Wildman–Crippen LogP) is -2.63. The fraction of sp³-hybridized carbons (Fsp3) is 0.909. The molecule has 1 aliphatic heterocycles. The van der Waals surface area contributed by atoms with E-state index in [-0.39, 0.29) is 6.42 Å². The zero-order chi connectivity index (χ0) is 13.3. The van der Waals surface area contributed by atoms with Crippen molar-refractivity contribution in [3.05, 3.63) is 0 Å². The van der Waals surface area contributed by atoms with Gasteiger partial charge in [0.2, 0.25) is 0 Å². The molecule has 1 heterocycles. The van der Waals surface area contributed by atoms with Gasteiger partial charge in [-0.2, -0.15) is 0 Å². The largest absolute Gasteiger partial charge is 0.550 e. The second-order valence-corrected chi connectivity index (χ2v) is 5.20. The van der Waals surface area contributed by atoms with E-state index in [1.807, 2.05) is 21.1 Å². The quantitative estimate of drug-likeness (QED) is 0.473. The first-order valence-electron chi connectivity index (χ1n) is 5.91. The third kappa shape index (κ3) is 13.2. The minimum atomic E-state index is -1.20. The molecule has 102 valence electrons. The summed E-state index contributed by atoms with van der Waals surface area (Å²) in [5.74, 6) is -1.20. The Morgan fingerprint density at radius 2 is 1.65 bits per heavy atom. The third-order valence-electron chi connectivity index (χ3n) is 2.12. The molecule has 0 saturated carbocycles. The first-order valence-corrected chi connectivity index (χ1v) is 5.91. The minimum absolute atomic E-state index is 0.282. The maximum atomic E-state index is 10.0. The lowest BCUT2D eigenvalue weighted by Crippen LogP contribution is -2.43. The Kier molecular flexibility index (Phi) is 8.07. The number of rotatable bonds is 4. The molecular formula is C11H25N3O3. The van der Waals surface area contributed by atoms with Crippen molar-refractivity contribution in [3.8, 4) is 0 Å². The molecule has 0 radical (unpaired) electrons. The van der Waals surface area contributed by atoms with Crippen LogP contribution in [0.5, 0.6) is 0 Å². The molecule has 6 nitrogen and oxygen atoms in total. The summed E-state index contributed by atoms with van der Waals surface area (Å²) in [5.41, 5.74) is 0. The van der Waals surface area contributed by atoms with E-state index in [0.29, 0.717) is 11.0 Å². The molecule has 17 heavy (non-hydrogen) atoms. The summed E-state index contributed by atoms with van der Waals surface area (Å²) in [7, 11) is 5.66. The number of piperazine rings is 1. The highest BCUT2D eigenvalue weighted by atomic mass is 16.4. The van der Waals surface area contributed by atoms with Gasteiger partial charge >= 0.3 is 0 Å². The molecule has 0 bridgehead atoms. The highest BCUT2D eigenvalue weighted by molar-refractivity contribution is 5.64. The number of carbonyl (C=O) groups excluding carboxylic acids is 1. The number of hydrogen-bond acceptors (Lipinski definition) is 5. The maximum Gasteiger partial charge on any atom is 0.108 e. The summed E-state index contributed by atoms with van der Waals surface area (Å²) in [5, 5.41) is 25.6. The van der Waals surface area contributed by atoms with Crippen LogP contribution in [0.4, 0.5) is 0 Å². The fourth-order valence-electron chi connectivity index (χ4n) is 1.49. The van der Waals surface area contributed by atoms with E-state index in [1.165, 1.54) is 0 Å². The molecule has 1 saturated heterocycles. The fourth-order valence-corrected chi connectivity index (χ4v) is 1.49. The summed E-state index contributed by atoms with van der Waals surface area (Å²) < 4.78 is 0.550. The van der Waals surface area contributed by atoms with Crippen LogP contribution in [0.2, 0.25) is 0 Å². The number of carbonyl (C=O) groups is 1. The number of aliphatic hydroxyl groups is 1. The topological polar surface area (TPSA) is 84.4 Å². The second-order valence-electron chi connectivity index (χ2n) is 5.20. The van der Waals surface area contributed by atoms with Crippen LogP contribution in [0.25, 0.3) is 0 Å². The van der Waals surface area contributed by atoms with Gasteiger partial charge in [-0.25, -0.2) is 0 Å². The van der Waals surface area contributed by atoms with E-state index in [2.05, 4.69) is 10.6 Å². The molecule has 0 unspecified atom stereocenters. The molecule has 0 aromatic rings. The summed E-state index contributed by atoms with van der Waals surface area (Å²) in [6.07, 6.45) is -1.09. The Morgan fingerprint density at radius 3 is 1.88 bits per heavy atom. The molecule has 0 spiro atoms. The van der Waals surface area contributed by atoms with Crippen LogP contribution in [-0.2, 0) is 4.79 Å². The molecule has 1 rings (SSSR count). The Morgan fingerprint density at radius 1 is 1.24 bits per heavy atom. The number of aliphatic carboxylic acids is 1. The summed E-state index contributed by atoms with van der Waals surface area (Å²) in [6, 6.07) is 0.